The minimum Gasteiger partial charge on any atom is -0.441 e. The summed E-state index contributed by atoms with van der Waals surface area (Å²) < 4.78 is 5.39. The molecule has 16 heavy (non-hydrogen) atoms. The van der Waals surface area contributed by atoms with Gasteiger partial charge in [0.1, 0.15) is 5.52 Å². The topological polar surface area (TPSA) is 61.9 Å². The normalized spacial score (nSPS) is 10.5. The lowest BCUT2D eigenvalue weighted by Crippen LogP contribution is -2.13. The highest BCUT2D eigenvalue weighted by molar-refractivity contribution is 5.73. The summed E-state index contributed by atoms with van der Waals surface area (Å²) in [6.45, 7) is 3.31. The second kappa shape index (κ2) is 4.77. The van der Waals surface area contributed by atoms with Crippen molar-refractivity contribution in [1.29, 1.82) is 5.26 Å². The molecule has 2 rings (SSSR count). The molecule has 4 nitrogen and oxygen atoms in total. The zero-order chi connectivity index (χ0) is 11.4. The fourth-order valence-electron chi connectivity index (χ4n) is 1.58. The summed E-state index contributed by atoms with van der Waals surface area (Å²) in [6, 6.07) is 8.04. The predicted octanol–water partition coefficient (Wildman–Crippen LogP) is 2.14. The van der Waals surface area contributed by atoms with Crippen LogP contribution in [0.3, 0.4) is 0 Å². The fourth-order valence-corrected chi connectivity index (χ4v) is 1.58. The van der Waals surface area contributed by atoms with Crippen molar-refractivity contribution < 1.29 is 4.42 Å². The van der Waals surface area contributed by atoms with Gasteiger partial charge in [0.05, 0.1) is 6.07 Å². The molecule has 82 valence electrons. The van der Waals surface area contributed by atoms with E-state index in [1.807, 2.05) is 25.1 Å². The maximum Gasteiger partial charge on any atom is 0.192 e. The molecule has 1 aromatic heterocycles. The molecular formula is C12H13N3O. The summed E-state index contributed by atoms with van der Waals surface area (Å²) in [5, 5.41) is 11.6. The van der Waals surface area contributed by atoms with E-state index in [0.29, 0.717) is 18.9 Å². The van der Waals surface area contributed by atoms with Crippen LogP contribution in [0, 0.1) is 18.3 Å². The van der Waals surface area contributed by atoms with Gasteiger partial charge in [-0.3, -0.25) is 0 Å². The zero-order valence-corrected chi connectivity index (χ0v) is 9.16. The summed E-state index contributed by atoms with van der Waals surface area (Å²) in [5.41, 5.74) is 2.86. The molecule has 0 radical (unpaired) electrons. The maximum atomic E-state index is 8.40. The molecule has 0 spiro atoms. The number of benzene rings is 1. The number of nitrogens with zero attached hydrogens (tertiary/aromatic N) is 2. The number of nitriles is 1. The van der Waals surface area contributed by atoms with Gasteiger partial charge in [0.15, 0.2) is 11.5 Å². The van der Waals surface area contributed by atoms with Crippen molar-refractivity contribution >= 4 is 11.1 Å². The molecule has 0 aliphatic carbocycles. The summed E-state index contributed by atoms with van der Waals surface area (Å²) in [4.78, 5) is 4.27. The van der Waals surface area contributed by atoms with Crippen LogP contribution in [0.5, 0.6) is 0 Å². The molecule has 0 amide bonds. The van der Waals surface area contributed by atoms with E-state index in [1.165, 1.54) is 0 Å². The first-order chi connectivity index (χ1) is 7.79. The zero-order valence-electron chi connectivity index (χ0n) is 9.16. The Morgan fingerprint density at radius 3 is 3.19 bits per heavy atom. The van der Waals surface area contributed by atoms with E-state index < -0.39 is 0 Å². The Morgan fingerprint density at radius 2 is 2.38 bits per heavy atom. The first kappa shape index (κ1) is 10.7. The van der Waals surface area contributed by atoms with E-state index in [0.717, 1.165) is 23.2 Å². The van der Waals surface area contributed by atoms with Crippen molar-refractivity contribution in [2.45, 2.75) is 19.9 Å². The Morgan fingerprint density at radius 1 is 1.50 bits per heavy atom. The van der Waals surface area contributed by atoms with E-state index >= 15 is 0 Å². The third kappa shape index (κ3) is 2.38. The molecular weight excluding hydrogens is 202 g/mol. The van der Waals surface area contributed by atoms with Gasteiger partial charge in [0.2, 0.25) is 0 Å². The van der Waals surface area contributed by atoms with Crippen LogP contribution in [0.2, 0.25) is 0 Å². The van der Waals surface area contributed by atoms with Gasteiger partial charge in [0.25, 0.3) is 0 Å². The highest BCUT2D eigenvalue weighted by Gasteiger charge is 2.02. The van der Waals surface area contributed by atoms with Gasteiger partial charge in [-0.2, -0.15) is 5.26 Å². The van der Waals surface area contributed by atoms with Crippen molar-refractivity contribution in [2.75, 3.05) is 6.54 Å². The number of aromatic nitrogens is 1. The standard InChI is InChI=1S/C12H13N3O/c1-9-15-11-7-10(3-4-12(11)16-9)8-14-6-2-5-13/h3-4,7,14H,2,6,8H2,1H3. The van der Waals surface area contributed by atoms with Gasteiger partial charge < -0.3 is 9.73 Å². The fraction of sp³-hybridized carbons (Fsp3) is 0.333. The van der Waals surface area contributed by atoms with E-state index in [1.54, 1.807) is 0 Å². The Bertz CT molecular complexity index is 525. The van der Waals surface area contributed by atoms with E-state index in [-0.39, 0.29) is 0 Å². The lowest BCUT2D eigenvalue weighted by molar-refractivity contribution is 0.561. The van der Waals surface area contributed by atoms with Crippen LogP contribution < -0.4 is 5.32 Å². The molecule has 1 N–H and O–H groups in total. The maximum absolute atomic E-state index is 8.40. The molecule has 0 aliphatic heterocycles. The molecule has 2 aromatic rings. The summed E-state index contributed by atoms with van der Waals surface area (Å²) in [7, 11) is 0. The molecule has 0 bridgehead atoms. The summed E-state index contributed by atoms with van der Waals surface area (Å²) >= 11 is 0. The Balaban J connectivity index is 2.05. The van der Waals surface area contributed by atoms with Crippen molar-refractivity contribution in [3.63, 3.8) is 0 Å². The van der Waals surface area contributed by atoms with Gasteiger partial charge in [0, 0.05) is 26.4 Å². The molecule has 0 saturated heterocycles. The largest absolute Gasteiger partial charge is 0.441 e. The number of nitrogens with one attached hydrogen (secondary N) is 1. The highest BCUT2D eigenvalue weighted by atomic mass is 16.3. The number of fused-ring (bicyclic) bond motifs is 1. The number of rotatable bonds is 4. The monoisotopic (exact) mass is 215 g/mol. The van der Waals surface area contributed by atoms with Crippen LogP contribution in [0.4, 0.5) is 0 Å². The van der Waals surface area contributed by atoms with E-state index in [2.05, 4.69) is 16.4 Å². The SMILES string of the molecule is Cc1nc2cc(CNCCC#N)ccc2o1. The lowest BCUT2D eigenvalue weighted by Gasteiger charge is -2.01. The molecule has 0 unspecified atom stereocenters. The lowest BCUT2D eigenvalue weighted by atomic mass is 10.2. The third-order valence-corrected chi connectivity index (χ3v) is 2.30. The Labute approximate surface area is 93.9 Å². The molecule has 1 aromatic carbocycles. The smallest absolute Gasteiger partial charge is 0.192 e. The molecule has 4 heteroatoms. The third-order valence-electron chi connectivity index (χ3n) is 2.30. The van der Waals surface area contributed by atoms with Crippen LogP contribution in [-0.4, -0.2) is 11.5 Å². The number of hydrogen-bond acceptors (Lipinski definition) is 4. The quantitative estimate of drug-likeness (QED) is 0.794. The van der Waals surface area contributed by atoms with Gasteiger partial charge in [-0.05, 0) is 17.7 Å². The first-order valence-corrected chi connectivity index (χ1v) is 5.23. The number of aryl methyl sites for hydroxylation is 1. The second-order valence-corrected chi connectivity index (χ2v) is 3.62. The Kier molecular flexibility index (Phi) is 3.18. The van der Waals surface area contributed by atoms with Gasteiger partial charge in [-0.15, -0.1) is 0 Å². The van der Waals surface area contributed by atoms with Crippen molar-refractivity contribution in [3.8, 4) is 6.07 Å². The van der Waals surface area contributed by atoms with Crippen LogP contribution in [0.15, 0.2) is 22.6 Å². The summed E-state index contributed by atoms with van der Waals surface area (Å²) in [6.07, 6.45) is 0.533. The minimum absolute atomic E-state index is 0.533. The molecule has 1 heterocycles. The first-order valence-electron chi connectivity index (χ1n) is 5.23. The minimum atomic E-state index is 0.533. The van der Waals surface area contributed by atoms with Gasteiger partial charge in [-0.1, -0.05) is 6.07 Å². The van der Waals surface area contributed by atoms with Crippen molar-refractivity contribution in [3.05, 3.63) is 29.7 Å². The van der Waals surface area contributed by atoms with Gasteiger partial charge >= 0.3 is 0 Å². The van der Waals surface area contributed by atoms with Crippen LogP contribution in [0.1, 0.15) is 17.9 Å². The molecule has 0 fully saturated rings. The Hall–Kier alpha value is -1.86. The van der Waals surface area contributed by atoms with E-state index in [4.69, 9.17) is 9.68 Å². The second-order valence-electron chi connectivity index (χ2n) is 3.62. The summed E-state index contributed by atoms with van der Waals surface area (Å²) in [5.74, 6) is 0.685. The van der Waals surface area contributed by atoms with Crippen LogP contribution in [0.25, 0.3) is 11.1 Å². The van der Waals surface area contributed by atoms with Crippen LogP contribution in [-0.2, 0) is 6.54 Å². The number of oxazole rings is 1. The number of hydrogen-bond donors (Lipinski definition) is 1. The molecule has 0 atom stereocenters. The van der Waals surface area contributed by atoms with E-state index in [9.17, 15) is 0 Å². The average Bonchev–Trinajstić information content (AvgIpc) is 2.64. The van der Waals surface area contributed by atoms with Gasteiger partial charge in [-0.25, -0.2) is 4.98 Å². The molecule has 0 aliphatic rings. The highest BCUT2D eigenvalue weighted by Crippen LogP contribution is 2.16. The van der Waals surface area contributed by atoms with Crippen molar-refractivity contribution in [2.24, 2.45) is 0 Å². The molecule has 0 saturated carbocycles. The van der Waals surface area contributed by atoms with Crippen LogP contribution >= 0.6 is 0 Å². The van der Waals surface area contributed by atoms with Crippen molar-refractivity contribution in [1.82, 2.24) is 10.3 Å². The predicted molar refractivity (Wildman–Crippen MR) is 60.7 cm³/mol. The average molecular weight is 215 g/mol.